The van der Waals surface area contributed by atoms with E-state index in [9.17, 15) is 0 Å². The lowest BCUT2D eigenvalue weighted by Crippen LogP contribution is -2.42. The number of ether oxygens (including phenoxy) is 4. The number of aliphatic hydroxyl groups excluding tert-OH is 4. The maximum absolute atomic E-state index is 8.88. The van der Waals surface area contributed by atoms with Crippen LogP contribution in [0.1, 0.15) is 19.3 Å². The van der Waals surface area contributed by atoms with Crippen molar-refractivity contribution in [2.75, 3.05) is 79.3 Å². The monoisotopic (exact) mass is 354 g/mol. The first-order chi connectivity index (χ1) is 11.7. The van der Waals surface area contributed by atoms with E-state index < -0.39 is 5.41 Å². The number of hydrogen-bond acceptors (Lipinski definition) is 8. The topological polar surface area (TPSA) is 118 Å². The largest absolute Gasteiger partial charge is 0.396 e. The van der Waals surface area contributed by atoms with Crippen LogP contribution in [0.25, 0.3) is 0 Å². The fourth-order valence-corrected chi connectivity index (χ4v) is 2.09. The first kappa shape index (κ1) is 23.7. The lowest BCUT2D eigenvalue weighted by Gasteiger charge is -2.33. The van der Waals surface area contributed by atoms with Gasteiger partial charge in [0.1, 0.15) is 0 Å². The van der Waals surface area contributed by atoms with E-state index in [1.165, 1.54) is 0 Å². The highest BCUT2D eigenvalue weighted by Gasteiger charge is 2.32. The zero-order valence-electron chi connectivity index (χ0n) is 14.5. The standard InChI is InChI=1S/C16H34O8/c17-4-2-1-3-8-21-12-16(13-22-9-5-18,14-23-10-6-19)15-24-11-7-20/h17-20H,1-15H2. The second-order valence-electron chi connectivity index (χ2n) is 5.67. The predicted octanol–water partition coefficient (Wildman–Crippen LogP) is -0.821. The summed E-state index contributed by atoms with van der Waals surface area (Å²) in [6, 6.07) is 0. The molecule has 0 aliphatic carbocycles. The van der Waals surface area contributed by atoms with Gasteiger partial charge in [-0.05, 0) is 19.3 Å². The third-order valence-corrected chi connectivity index (χ3v) is 3.29. The second-order valence-corrected chi connectivity index (χ2v) is 5.67. The molecule has 0 rings (SSSR count). The van der Waals surface area contributed by atoms with E-state index in [4.69, 9.17) is 39.4 Å². The molecule has 0 spiro atoms. The van der Waals surface area contributed by atoms with Crippen molar-refractivity contribution in [2.24, 2.45) is 5.41 Å². The van der Waals surface area contributed by atoms with Crippen molar-refractivity contribution in [2.45, 2.75) is 19.3 Å². The van der Waals surface area contributed by atoms with Crippen molar-refractivity contribution in [3.05, 3.63) is 0 Å². The Morgan fingerprint density at radius 3 is 1.25 bits per heavy atom. The average Bonchev–Trinajstić information content (AvgIpc) is 2.58. The minimum absolute atomic E-state index is 0.0763. The lowest BCUT2D eigenvalue weighted by atomic mass is 9.92. The zero-order valence-corrected chi connectivity index (χ0v) is 14.5. The molecule has 0 aromatic heterocycles. The van der Waals surface area contributed by atoms with E-state index in [0.29, 0.717) is 13.2 Å². The Kier molecular flexibility index (Phi) is 17.3. The molecule has 0 atom stereocenters. The van der Waals surface area contributed by atoms with Gasteiger partial charge < -0.3 is 39.4 Å². The highest BCUT2D eigenvalue weighted by molar-refractivity contribution is 4.79. The Hall–Kier alpha value is -0.320. The van der Waals surface area contributed by atoms with Gasteiger partial charge in [-0.2, -0.15) is 0 Å². The van der Waals surface area contributed by atoms with Gasteiger partial charge in [0.2, 0.25) is 0 Å². The summed E-state index contributed by atoms with van der Waals surface area (Å²) in [5.41, 5.74) is -0.573. The van der Waals surface area contributed by atoms with Gasteiger partial charge in [0.15, 0.2) is 0 Å². The summed E-state index contributed by atoms with van der Waals surface area (Å²) in [5.74, 6) is 0. The molecule has 0 bridgehead atoms. The van der Waals surface area contributed by atoms with E-state index >= 15 is 0 Å². The van der Waals surface area contributed by atoms with Crippen LogP contribution in [0.5, 0.6) is 0 Å². The number of unbranched alkanes of at least 4 members (excludes halogenated alkanes) is 2. The van der Waals surface area contributed by atoms with E-state index in [1.54, 1.807) is 0 Å². The van der Waals surface area contributed by atoms with E-state index in [-0.39, 0.29) is 66.1 Å². The summed E-state index contributed by atoms with van der Waals surface area (Å²) in [5, 5.41) is 35.4. The van der Waals surface area contributed by atoms with Crippen LogP contribution >= 0.6 is 0 Å². The van der Waals surface area contributed by atoms with Crippen molar-refractivity contribution in [3.8, 4) is 0 Å². The molecular formula is C16H34O8. The summed E-state index contributed by atoms with van der Waals surface area (Å²) in [4.78, 5) is 0. The minimum Gasteiger partial charge on any atom is -0.396 e. The predicted molar refractivity (Wildman–Crippen MR) is 87.9 cm³/mol. The summed E-state index contributed by atoms with van der Waals surface area (Å²) in [7, 11) is 0. The Labute approximate surface area is 144 Å². The van der Waals surface area contributed by atoms with Crippen molar-refractivity contribution in [3.63, 3.8) is 0 Å². The maximum Gasteiger partial charge on any atom is 0.0698 e. The molecule has 0 heterocycles. The van der Waals surface area contributed by atoms with E-state index in [1.807, 2.05) is 0 Å². The molecule has 0 amide bonds. The van der Waals surface area contributed by atoms with Gasteiger partial charge in [-0.25, -0.2) is 0 Å². The molecule has 0 aliphatic rings. The van der Waals surface area contributed by atoms with Crippen molar-refractivity contribution >= 4 is 0 Å². The van der Waals surface area contributed by atoms with Crippen LogP contribution in [0, 0.1) is 5.41 Å². The molecule has 0 aliphatic heterocycles. The summed E-state index contributed by atoms with van der Waals surface area (Å²) in [6.45, 7) is 2.31. The molecular weight excluding hydrogens is 320 g/mol. The summed E-state index contributed by atoms with van der Waals surface area (Å²) in [6.07, 6.45) is 2.50. The van der Waals surface area contributed by atoms with E-state index in [0.717, 1.165) is 19.3 Å². The van der Waals surface area contributed by atoms with Crippen molar-refractivity contribution < 1.29 is 39.4 Å². The number of rotatable bonds is 19. The fourth-order valence-electron chi connectivity index (χ4n) is 2.09. The van der Waals surface area contributed by atoms with Crippen molar-refractivity contribution in [1.82, 2.24) is 0 Å². The van der Waals surface area contributed by atoms with Gasteiger partial charge in [-0.1, -0.05) is 0 Å². The van der Waals surface area contributed by atoms with Crippen LogP contribution < -0.4 is 0 Å². The van der Waals surface area contributed by atoms with E-state index in [2.05, 4.69) is 0 Å². The molecule has 146 valence electrons. The second kappa shape index (κ2) is 17.5. The quantitative estimate of drug-likeness (QED) is 0.222. The average molecular weight is 354 g/mol. The molecule has 0 aromatic rings. The molecule has 0 saturated heterocycles. The van der Waals surface area contributed by atoms with Crippen LogP contribution in [-0.4, -0.2) is 99.7 Å². The van der Waals surface area contributed by atoms with Gasteiger partial charge in [-0.15, -0.1) is 0 Å². The van der Waals surface area contributed by atoms with Gasteiger partial charge in [0, 0.05) is 13.2 Å². The third-order valence-electron chi connectivity index (χ3n) is 3.29. The Morgan fingerprint density at radius 2 is 0.875 bits per heavy atom. The fraction of sp³-hybridized carbons (Fsp3) is 1.00. The van der Waals surface area contributed by atoms with Gasteiger partial charge in [0.05, 0.1) is 71.5 Å². The van der Waals surface area contributed by atoms with Crippen LogP contribution in [-0.2, 0) is 18.9 Å². The molecule has 4 N–H and O–H groups in total. The van der Waals surface area contributed by atoms with Crippen LogP contribution in [0.15, 0.2) is 0 Å². The highest BCUT2D eigenvalue weighted by atomic mass is 16.5. The first-order valence-electron chi connectivity index (χ1n) is 8.49. The minimum atomic E-state index is -0.573. The van der Waals surface area contributed by atoms with Gasteiger partial charge in [0.25, 0.3) is 0 Å². The third kappa shape index (κ3) is 13.0. The summed E-state index contributed by atoms with van der Waals surface area (Å²) < 4.78 is 22.1. The SMILES string of the molecule is OCCCCCOCC(COCCO)(COCCO)COCCO. The summed E-state index contributed by atoms with van der Waals surface area (Å²) >= 11 is 0. The number of hydrogen-bond donors (Lipinski definition) is 4. The smallest absolute Gasteiger partial charge is 0.0698 e. The molecule has 0 radical (unpaired) electrons. The molecule has 24 heavy (non-hydrogen) atoms. The Bertz CT molecular complexity index is 226. The molecule has 8 heteroatoms. The van der Waals surface area contributed by atoms with Crippen LogP contribution in [0.4, 0.5) is 0 Å². The van der Waals surface area contributed by atoms with Crippen LogP contribution in [0.3, 0.4) is 0 Å². The lowest BCUT2D eigenvalue weighted by molar-refractivity contribution is -0.113. The molecule has 0 unspecified atom stereocenters. The van der Waals surface area contributed by atoms with Gasteiger partial charge >= 0.3 is 0 Å². The molecule has 0 fully saturated rings. The normalized spacial score (nSPS) is 12.0. The molecule has 0 saturated carbocycles. The molecule has 0 aromatic carbocycles. The zero-order chi connectivity index (χ0) is 17.9. The number of aliphatic hydroxyl groups is 4. The van der Waals surface area contributed by atoms with Crippen molar-refractivity contribution in [1.29, 1.82) is 0 Å². The van der Waals surface area contributed by atoms with Crippen LogP contribution in [0.2, 0.25) is 0 Å². The Morgan fingerprint density at radius 1 is 0.458 bits per heavy atom. The first-order valence-corrected chi connectivity index (χ1v) is 8.49. The Balaban J connectivity index is 4.48. The maximum atomic E-state index is 8.88. The molecule has 8 nitrogen and oxygen atoms in total. The highest BCUT2D eigenvalue weighted by Crippen LogP contribution is 2.21. The van der Waals surface area contributed by atoms with Gasteiger partial charge in [-0.3, -0.25) is 0 Å².